The molecule has 0 aromatic rings. The molecule has 3 atom stereocenters. The van der Waals surface area contributed by atoms with Gasteiger partial charge in [-0.25, -0.2) is 0 Å². The second-order valence-corrected chi connectivity index (χ2v) is 3.94. The Morgan fingerprint density at radius 1 is 1.58 bits per heavy atom. The molecule has 0 aliphatic carbocycles. The molecule has 3 heteroatoms. The summed E-state index contributed by atoms with van der Waals surface area (Å²) in [5, 5.41) is 0. The summed E-state index contributed by atoms with van der Waals surface area (Å²) in [5.41, 5.74) is -0.363. The number of hydrogen-bond donors (Lipinski definition) is 0. The summed E-state index contributed by atoms with van der Waals surface area (Å²) in [7, 11) is 1.44. The maximum Gasteiger partial charge on any atom is 0.314 e. The van der Waals surface area contributed by atoms with E-state index in [4.69, 9.17) is 9.47 Å². The molecular weight excluding hydrogens is 156 g/mol. The monoisotopic (exact) mass is 170 g/mol. The zero-order chi connectivity index (χ0) is 8.77. The Morgan fingerprint density at radius 3 is 2.75 bits per heavy atom. The summed E-state index contributed by atoms with van der Waals surface area (Å²) >= 11 is 0. The fourth-order valence-corrected chi connectivity index (χ4v) is 2.38. The summed E-state index contributed by atoms with van der Waals surface area (Å²) in [5.74, 6) is -0.116. The molecule has 2 aliphatic rings. The van der Waals surface area contributed by atoms with E-state index in [1.54, 1.807) is 0 Å². The van der Waals surface area contributed by atoms with Gasteiger partial charge in [-0.2, -0.15) is 0 Å². The molecule has 2 rings (SSSR count). The predicted molar refractivity (Wildman–Crippen MR) is 42.6 cm³/mol. The van der Waals surface area contributed by atoms with Gasteiger partial charge in [0, 0.05) is 0 Å². The molecule has 2 heterocycles. The van der Waals surface area contributed by atoms with E-state index in [1.165, 1.54) is 7.11 Å². The van der Waals surface area contributed by atoms with Gasteiger partial charge in [0.1, 0.15) is 0 Å². The van der Waals surface area contributed by atoms with Crippen LogP contribution in [0.15, 0.2) is 0 Å². The number of hydrogen-bond acceptors (Lipinski definition) is 3. The van der Waals surface area contributed by atoms with Crippen molar-refractivity contribution in [2.45, 2.75) is 38.4 Å². The van der Waals surface area contributed by atoms with Crippen molar-refractivity contribution >= 4 is 5.97 Å². The lowest BCUT2D eigenvalue weighted by atomic mass is 9.76. The molecule has 0 spiro atoms. The number of fused-ring (bicyclic) bond motifs is 2. The van der Waals surface area contributed by atoms with Crippen LogP contribution in [0, 0.1) is 5.41 Å². The molecule has 2 bridgehead atoms. The summed E-state index contributed by atoms with van der Waals surface area (Å²) < 4.78 is 10.4. The van der Waals surface area contributed by atoms with Crippen LogP contribution < -0.4 is 0 Å². The first-order valence-electron chi connectivity index (χ1n) is 4.40. The highest BCUT2D eigenvalue weighted by Crippen LogP contribution is 2.47. The first-order chi connectivity index (χ1) is 5.66. The van der Waals surface area contributed by atoms with Gasteiger partial charge in [-0.3, -0.25) is 4.79 Å². The molecule has 12 heavy (non-hydrogen) atoms. The van der Waals surface area contributed by atoms with Gasteiger partial charge in [-0.1, -0.05) is 0 Å². The Labute approximate surface area is 72.0 Å². The first kappa shape index (κ1) is 8.05. The zero-order valence-electron chi connectivity index (χ0n) is 7.50. The van der Waals surface area contributed by atoms with E-state index < -0.39 is 0 Å². The fraction of sp³-hybridized carbons (Fsp3) is 0.889. The van der Waals surface area contributed by atoms with Crippen molar-refractivity contribution in [1.82, 2.24) is 0 Å². The number of carbonyl (C=O) groups excluding carboxylic acids is 1. The fourth-order valence-electron chi connectivity index (χ4n) is 2.38. The van der Waals surface area contributed by atoms with Crippen molar-refractivity contribution in [2.24, 2.45) is 5.41 Å². The third-order valence-corrected chi connectivity index (χ3v) is 3.12. The minimum absolute atomic E-state index is 0.106. The summed E-state index contributed by atoms with van der Waals surface area (Å²) in [6.07, 6.45) is 3.37. The normalized spacial score (nSPS) is 44.8. The van der Waals surface area contributed by atoms with E-state index in [0.29, 0.717) is 6.10 Å². The summed E-state index contributed by atoms with van der Waals surface area (Å²) in [6, 6.07) is 0. The number of esters is 1. The van der Waals surface area contributed by atoms with E-state index in [0.717, 1.165) is 19.3 Å². The smallest absolute Gasteiger partial charge is 0.314 e. The Bertz CT molecular complexity index is 214. The van der Waals surface area contributed by atoms with E-state index in [1.807, 2.05) is 6.92 Å². The SMILES string of the molecule is COC(=O)[C@@]1(C)C[C@H]2CC[C@H]1O2. The largest absolute Gasteiger partial charge is 0.469 e. The second-order valence-electron chi connectivity index (χ2n) is 3.94. The van der Waals surface area contributed by atoms with E-state index in [2.05, 4.69) is 0 Å². The van der Waals surface area contributed by atoms with Gasteiger partial charge < -0.3 is 9.47 Å². The molecule has 0 aromatic heterocycles. The van der Waals surface area contributed by atoms with Gasteiger partial charge in [0.2, 0.25) is 0 Å². The van der Waals surface area contributed by atoms with Crippen molar-refractivity contribution in [3.8, 4) is 0 Å². The van der Waals surface area contributed by atoms with Gasteiger partial charge in [0.15, 0.2) is 0 Å². The second kappa shape index (κ2) is 2.46. The average Bonchev–Trinajstić information content (AvgIpc) is 2.62. The average molecular weight is 170 g/mol. The number of carbonyl (C=O) groups is 1. The Kier molecular flexibility index (Phi) is 1.65. The van der Waals surface area contributed by atoms with Gasteiger partial charge in [0.05, 0.1) is 24.7 Å². The molecule has 2 aliphatic heterocycles. The van der Waals surface area contributed by atoms with Crippen molar-refractivity contribution in [2.75, 3.05) is 7.11 Å². The highest BCUT2D eigenvalue weighted by molar-refractivity contribution is 5.77. The van der Waals surface area contributed by atoms with Crippen LogP contribution in [0.5, 0.6) is 0 Å². The zero-order valence-corrected chi connectivity index (χ0v) is 7.50. The lowest BCUT2D eigenvalue weighted by Crippen LogP contribution is -2.38. The van der Waals surface area contributed by atoms with Crippen LogP contribution in [0.2, 0.25) is 0 Å². The maximum atomic E-state index is 11.4. The lowest BCUT2D eigenvalue weighted by Gasteiger charge is -2.27. The number of methoxy groups -OCH3 is 1. The first-order valence-corrected chi connectivity index (χ1v) is 4.40. The van der Waals surface area contributed by atoms with Gasteiger partial charge in [-0.05, 0) is 26.2 Å². The highest BCUT2D eigenvalue weighted by atomic mass is 16.5. The highest BCUT2D eigenvalue weighted by Gasteiger charge is 2.54. The lowest BCUT2D eigenvalue weighted by molar-refractivity contribution is -0.154. The van der Waals surface area contributed by atoms with E-state index >= 15 is 0 Å². The van der Waals surface area contributed by atoms with Crippen molar-refractivity contribution in [3.05, 3.63) is 0 Å². The molecule has 0 saturated carbocycles. The third kappa shape index (κ3) is 0.891. The van der Waals surface area contributed by atoms with Crippen LogP contribution in [0.1, 0.15) is 26.2 Å². The molecule has 0 radical (unpaired) electrons. The minimum atomic E-state index is -0.363. The molecular formula is C9H14O3. The molecule has 2 fully saturated rings. The van der Waals surface area contributed by atoms with Crippen LogP contribution in [-0.2, 0) is 14.3 Å². The van der Waals surface area contributed by atoms with Crippen LogP contribution in [0.3, 0.4) is 0 Å². The summed E-state index contributed by atoms with van der Waals surface area (Å²) in [6.45, 7) is 1.95. The molecule has 0 N–H and O–H groups in total. The van der Waals surface area contributed by atoms with Gasteiger partial charge in [-0.15, -0.1) is 0 Å². The topological polar surface area (TPSA) is 35.5 Å². The molecule has 0 amide bonds. The van der Waals surface area contributed by atoms with Crippen LogP contribution in [0.4, 0.5) is 0 Å². The van der Waals surface area contributed by atoms with Crippen molar-refractivity contribution in [1.29, 1.82) is 0 Å². The third-order valence-electron chi connectivity index (χ3n) is 3.12. The van der Waals surface area contributed by atoms with Gasteiger partial charge >= 0.3 is 5.97 Å². The quantitative estimate of drug-likeness (QED) is 0.553. The van der Waals surface area contributed by atoms with Crippen LogP contribution in [0.25, 0.3) is 0 Å². The van der Waals surface area contributed by atoms with E-state index in [-0.39, 0.29) is 17.5 Å². The van der Waals surface area contributed by atoms with Crippen molar-refractivity contribution < 1.29 is 14.3 Å². The molecule has 3 nitrogen and oxygen atoms in total. The van der Waals surface area contributed by atoms with Crippen molar-refractivity contribution in [3.63, 3.8) is 0 Å². The predicted octanol–water partition coefficient (Wildman–Crippen LogP) is 1.12. The van der Waals surface area contributed by atoms with Crippen LogP contribution >= 0.6 is 0 Å². The van der Waals surface area contributed by atoms with Crippen LogP contribution in [-0.4, -0.2) is 25.3 Å². The number of rotatable bonds is 1. The standard InChI is InChI=1S/C9H14O3/c1-9(8(10)11-2)5-6-3-4-7(9)12-6/h6-7H,3-5H2,1-2H3/t6-,7-,9+/m1/s1. The van der Waals surface area contributed by atoms with Gasteiger partial charge in [0.25, 0.3) is 0 Å². The number of ether oxygens (including phenoxy) is 2. The molecule has 0 unspecified atom stereocenters. The molecule has 68 valence electrons. The molecule has 0 aromatic carbocycles. The Balaban J connectivity index is 2.17. The maximum absolute atomic E-state index is 11.4. The Morgan fingerprint density at radius 2 is 2.33 bits per heavy atom. The molecule has 2 saturated heterocycles. The Hall–Kier alpha value is -0.570. The van der Waals surface area contributed by atoms with E-state index in [9.17, 15) is 4.79 Å². The summed E-state index contributed by atoms with van der Waals surface area (Å²) in [4.78, 5) is 11.4. The minimum Gasteiger partial charge on any atom is -0.469 e.